The van der Waals surface area contributed by atoms with E-state index in [-0.39, 0.29) is 0 Å². The summed E-state index contributed by atoms with van der Waals surface area (Å²) in [6.45, 7) is 10.3. The van der Waals surface area contributed by atoms with Gasteiger partial charge in [0.15, 0.2) is 0 Å². The molecule has 0 aliphatic heterocycles. The third kappa shape index (κ3) is 4.13. The number of hydrogen-bond acceptors (Lipinski definition) is 4. The van der Waals surface area contributed by atoms with Gasteiger partial charge >= 0.3 is 0 Å². The van der Waals surface area contributed by atoms with E-state index in [0.717, 1.165) is 29.1 Å². The third-order valence-electron chi connectivity index (χ3n) is 3.82. The van der Waals surface area contributed by atoms with Crippen molar-refractivity contribution >= 4 is 11.7 Å². The van der Waals surface area contributed by atoms with Gasteiger partial charge in [0.1, 0.15) is 0 Å². The van der Waals surface area contributed by atoms with E-state index >= 15 is 0 Å². The Balaban J connectivity index is 2.11. The first-order valence-electron chi connectivity index (χ1n) is 7.72. The van der Waals surface area contributed by atoms with Crippen LogP contribution in [0.15, 0.2) is 35.4 Å². The van der Waals surface area contributed by atoms with Gasteiger partial charge in [-0.05, 0) is 50.3 Å². The molecule has 0 amide bonds. The Labute approximate surface area is 132 Å². The second-order valence-corrected chi connectivity index (χ2v) is 5.71. The molecule has 1 aromatic heterocycles. The molecule has 4 heteroatoms. The van der Waals surface area contributed by atoms with Crippen LogP contribution >= 0.6 is 0 Å². The normalized spacial score (nSPS) is 13.0. The van der Waals surface area contributed by atoms with Crippen molar-refractivity contribution in [2.24, 2.45) is 5.10 Å². The summed E-state index contributed by atoms with van der Waals surface area (Å²) in [4.78, 5) is 8.64. The Morgan fingerprint density at radius 3 is 2.27 bits per heavy atom. The molecule has 0 saturated carbocycles. The summed E-state index contributed by atoms with van der Waals surface area (Å²) in [5, 5.41) is 4.38. The molecule has 116 valence electrons. The van der Waals surface area contributed by atoms with E-state index in [1.807, 2.05) is 26.8 Å². The highest BCUT2D eigenvalue weighted by Gasteiger charge is 2.04. The van der Waals surface area contributed by atoms with E-state index in [2.05, 4.69) is 58.6 Å². The van der Waals surface area contributed by atoms with Crippen LogP contribution in [0.5, 0.6) is 0 Å². The van der Waals surface area contributed by atoms with Gasteiger partial charge in [0.2, 0.25) is 5.95 Å². The molecule has 22 heavy (non-hydrogen) atoms. The van der Waals surface area contributed by atoms with Crippen molar-refractivity contribution < 1.29 is 0 Å². The summed E-state index contributed by atoms with van der Waals surface area (Å²) in [5.41, 5.74) is 8.18. The molecule has 1 unspecified atom stereocenters. The summed E-state index contributed by atoms with van der Waals surface area (Å²) in [5.74, 6) is 1.13. The van der Waals surface area contributed by atoms with Crippen LogP contribution in [0.1, 0.15) is 55.6 Å². The van der Waals surface area contributed by atoms with E-state index in [1.165, 1.54) is 5.56 Å². The molecule has 1 N–H and O–H groups in total. The zero-order valence-corrected chi connectivity index (χ0v) is 14.0. The summed E-state index contributed by atoms with van der Waals surface area (Å²) in [7, 11) is 0. The predicted octanol–water partition coefficient (Wildman–Crippen LogP) is 4.44. The highest BCUT2D eigenvalue weighted by atomic mass is 15.4. The Kier molecular flexibility index (Phi) is 5.26. The van der Waals surface area contributed by atoms with Crippen molar-refractivity contribution in [3.05, 3.63) is 52.8 Å². The van der Waals surface area contributed by atoms with Gasteiger partial charge in [0, 0.05) is 11.4 Å². The number of anilines is 1. The minimum atomic E-state index is 0.535. The fraction of sp³-hybridized carbons (Fsp3) is 0.389. The van der Waals surface area contributed by atoms with Gasteiger partial charge in [-0.3, -0.25) is 0 Å². The molecule has 0 fully saturated rings. The van der Waals surface area contributed by atoms with Gasteiger partial charge in [0.05, 0.1) is 5.71 Å². The molecular weight excluding hydrogens is 272 g/mol. The molecule has 4 nitrogen and oxygen atoms in total. The Bertz CT molecular complexity index is 639. The lowest BCUT2D eigenvalue weighted by Gasteiger charge is -2.10. The van der Waals surface area contributed by atoms with Gasteiger partial charge < -0.3 is 0 Å². The molecule has 1 heterocycles. The Morgan fingerprint density at radius 1 is 1.14 bits per heavy atom. The van der Waals surface area contributed by atoms with Gasteiger partial charge in [-0.15, -0.1) is 0 Å². The number of aryl methyl sites for hydroxylation is 2. The fourth-order valence-electron chi connectivity index (χ4n) is 2.26. The maximum Gasteiger partial charge on any atom is 0.243 e. The number of nitrogens with one attached hydrogen (secondary N) is 1. The molecule has 0 spiro atoms. The average Bonchev–Trinajstić information content (AvgIpc) is 2.51. The number of aromatic nitrogens is 2. The van der Waals surface area contributed by atoms with Crippen LogP contribution in [0, 0.1) is 13.8 Å². The Morgan fingerprint density at radius 2 is 1.73 bits per heavy atom. The number of rotatable bonds is 5. The summed E-state index contributed by atoms with van der Waals surface area (Å²) < 4.78 is 0. The van der Waals surface area contributed by atoms with Crippen molar-refractivity contribution in [1.82, 2.24) is 9.97 Å². The molecule has 0 saturated heterocycles. The zero-order valence-electron chi connectivity index (χ0n) is 14.0. The standard InChI is InChI=1S/C18H24N4/c1-6-12(2)16-7-9-17(10-8-16)15(5)21-22-18-19-13(3)11-14(4)20-18/h7-12H,6H2,1-5H3,(H,19,20,22). The van der Waals surface area contributed by atoms with E-state index in [1.54, 1.807) is 0 Å². The molecule has 2 rings (SSSR count). The maximum atomic E-state index is 4.38. The van der Waals surface area contributed by atoms with Crippen LogP contribution in [0.25, 0.3) is 0 Å². The molecule has 2 aromatic rings. The van der Waals surface area contributed by atoms with Crippen LogP contribution in [-0.2, 0) is 0 Å². The smallest absolute Gasteiger partial charge is 0.243 e. The monoisotopic (exact) mass is 296 g/mol. The predicted molar refractivity (Wildman–Crippen MR) is 92.5 cm³/mol. The van der Waals surface area contributed by atoms with Gasteiger partial charge in [0.25, 0.3) is 0 Å². The largest absolute Gasteiger partial charge is 0.245 e. The van der Waals surface area contributed by atoms with Crippen molar-refractivity contribution in [3.63, 3.8) is 0 Å². The topological polar surface area (TPSA) is 50.2 Å². The van der Waals surface area contributed by atoms with Crippen LogP contribution < -0.4 is 5.43 Å². The first-order chi connectivity index (χ1) is 10.5. The highest BCUT2D eigenvalue weighted by molar-refractivity contribution is 5.99. The first kappa shape index (κ1) is 16.1. The molecule has 1 atom stereocenters. The van der Waals surface area contributed by atoms with Crippen LogP contribution in [0.4, 0.5) is 5.95 Å². The lowest BCUT2D eigenvalue weighted by molar-refractivity contribution is 0.733. The molecule has 0 bridgehead atoms. The van der Waals surface area contributed by atoms with E-state index < -0.39 is 0 Å². The lowest BCUT2D eigenvalue weighted by Crippen LogP contribution is -2.04. The van der Waals surface area contributed by atoms with Crippen molar-refractivity contribution in [2.45, 2.75) is 47.0 Å². The summed E-state index contributed by atoms with van der Waals surface area (Å²) >= 11 is 0. The van der Waals surface area contributed by atoms with E-state index in [4.69, 9.17) is 0 Å². The number of hydrogen-bond donors (Lipinski definition) is 1. The maximum absolute atomic E-state index is 4.38. The fourth-order valence-corrected chi connectivity index (χ4v) is 2.26. The summed E-state index contributed by atoms with van der Waals surface area (Å²) in [6, 6.07) is 10.5. The minimum absolute atomic E-state index is 0.535. The Hall–Kier alpha value is -2.23. The van der Waals surface area contributed by atoms with E-state index in [9.17, 15) is 0 Å². The minimum Gasteiger partial charge on any atom is -0.245 e. The van der Waals surface area contributed by atoms with Crippen molar-refractivity contribution in [2.75, 3.05) is 5.43 Å². The van der Waals surface area contributed by atoms with Crippen LogP contribution in [0.2, 0.25) is 0 Å². The molecular formula is C18H24N4. The van der Waals surface area contributed by atoms with Crippen molar-refractivity contribution in [1.29, 1.82) is 0 Å². The quantitative estimate of drug-likeness (QED) is 0.655. The van der Waals surface area contributed by atoms with Gasteiger partial charge in [-0.2, -0.15) is 5.10 Å². The second-order valence-electron chi connectivity index (χ2n) is 5.71. The van der Waals surface area contributed by atoms with Crippen molar-refractivity contribution in [3.8, 4) is 0 Å². The second kappa shape index (κ2) is 7.16. The lowest BCUT2D eigenvalue weighted by atomic mass is 9.97. The number of hydrazone groups is 1. The third-order valence-corrected chi connectivity index (χ3v) is 3.82. The number of nitrogens with zero attached hydrogens (tertiary/aromatic N) is 3. The average molecular weight is 296 g/mol. The molecule has 0 aliphatic rings. The van der Waals surface area contributed by atoms with E-state index in [0.29, 0.717) is 11.9 Å². The molecule has 1 aromatic carbocycles. The SMILES string of the molecule is CCC(C)c1ccc(C(C)=NNc2nc(C)cc(C)n2)cc1. The zero-order chi connectivity index (χ0) is 16.1. The summed E-state index contributed by atoms with van der Waals surface area (Å²) in [6.07, 6.45) is 1.15. The van der Waals surface area contributed by atoms with Crippen LogP contribution in [0.3, 0.4) is 0 Å². The van der Waals surface area contributed by atoms with Gasteiger partial charge in [-0.1, -0.05) is 38.1 Å². The highest BCUT2D eigenvalue weighted by Crippen LogP contribution is 2.19. The molecule has 0 radical (unpaired) electrons. The number of benzene rings is 1. The molecule has 0 aliphatic carbocycles. The van der Waals surface area contributed by atoms with Crippen LogP contribution in [-0.4, -0.2) is 15.7 Å². The van der Waals surface area contributed by atoms with Gasteiger partial charge in [-0.25, -0.2) is 15.4 Å². The first-order valence-corrected chi connectivity index (χ1v) is 7.72.